The maximum atomic E-state index is 13.8. The van der Waals surface area contributed by atoms with E-state index < -0.39 is 49.3 Å². The van der Waals surface area contributed by atoms with Crippen molar-refractivity contribution in [1.82, 2.24) is 10.6 Å². The van der Waals surface area contributed by atoms with Gasteiger partial charge in [-0.1, -0.05) is 59.1 Å². The molecule has 0 saturated heterocycles. The van der Waals surface area contributed by atoms with Crippen LogP contribution in [0.4, 0.5) is 26.3 Å². The van der Waals surface area contributed by atoms with Crippen molar-refractivity contribution in [1.29, 1.82) is 0 Å². The number of nitrogens with one attached hydrogen (secondary N) is 2. The lowest BCUT2D eigenvalue weighted by atomic mass is 9.96. The molecule has 2 rings (SSSR count). The molecule has 2 aromatic rings. The van der Waals surface area contributed by atoms with Crippen molar-refractivity contribution in [2.75, 3.05) is 20.3 Å². The molecule has 0 heterocycles. The van der Waals surface area contributed by atoms with Gasteiger partial charge in [-0.05, 0) is 41.8 Å². The number of carbonyl (C=O) groups excluding carboxylic acids is 2. The highest BCUT2D eigenvalue weighted by Gasteiger charge is 2.39. The predicted octanol–water partition coefficient (Wildman–Crippen LogP) is 6.74. The van der Waals surface area contributed by atoms with Crippen molar-refractivity contribution in [3.05, 3.63) is 73.7 Å². The summed E-state index contributed by atoms with van der Waals surface area (Å²) in [6.45, 7) is -0.483. The minimum absolute atomic E-state index is 0.0514. The molecule has 38 heavy (non-hydrogen) atoms. The molecule has 0 spiro atoms. The van der Waals surface area contributed by atoms with E-state index in [4.69, 9.17) is 39.5 Å². The third kappa shape index (κ3) is 9.07. The fourth-order valence-corrected chi connectivity index (χ4v) is 3.93. The first-order valence-corrected chi connectivity index (χ1v) is 11.8. The van der Waals surface area contributed by atoms with Crippen LogP contribution in [0.3, 0.4) is 0 Å². The highest BCUT2D eigenvalue weighted by Crippen LogP contribution is 2.41. The summed E-state index contributed by atoms with van der Waals surface area (Å²) in [6, 6.07) is 4.81. The minimum atomic E-state index is -4.69. The molecule has 2 atom stereocenters. The molecule has 0 fully saturated rings. The molecule has 14 heteroatoms. The van der Waals surface area contributed by atoms with Gasteiger partial charge in [0.1, 0.15) is 12.6 Å². The third-order valence-corrected chi connectivity index (χ3v) is 6.31. The first-order valence-electron chi connectivity index (χ1n) is 10.7. The maximum Gasteiger partial charge on any atom is 0.405 e. The summed E-state index contributed by atoms with van der Waals surface area (Å²) in [5.41, 5.74) is 0.470. The monoisotopic (exact) mass is 604 g/mol. The molecular weight excluding hydrogens is 585 g/mol. The maximum absolute atomic E-state index is 13.8. The van der Waals surface area contributed by atoms with Gasteiger partial charge < -0.3 is 15.4 Å². The summed E-state index contributed by atoms with van der Waals surface area (Å²) in [5.74, 6) is -3.96. The quantitative estimate of drug-likeness (QED) is 0.246. The number of benzene rings is 2. The number of hydrogen-bond donors (Lipinski definition) is 2. The predicted molar refractivity (Wildman–Crippen MR) is 133 cm³/mol. The Morgan fingerprint density at radius 1 is 1.03 bits per heavy atom. The Morgan fingerprint density at radius 3 is 2.13 bits per heavy atom. The first-order chi connectivity index (χ1) is 17.5. The van der Waals surface area contributed by atoms with Gasteiger partial charge in [0.2, 0.25) is 5.91 Å². The second kappa shape index (κ2) is 13.1. The minimum Gasteiger partial charge on any atom is -0.382 e. The fourth-order valence-electron chi connectivity index (χ4n) is 3.31. The molecule has 2 N–H and O–H groups in total. The van der Waals surface area contributed by atoms with E-state index in [1.54, 1.807) is 5.32 Å². The topological polar surface area (TPSA) is 67.4 Å². The van der Waals surface area contributed by atoms with Gasteiger partial charge in [-0.2, -0.15) is 26.3 Å². The smallest absolute Gasteiger partial charge is 0.382 e. The second-order valence-electron chi connectivity index (χ2n) is 8.07. The number of allylic oxidation sites excluding steroid dienone is 1. The Morgan fingerprint density at radius 2 is 1.63 bits per heavy atom. The Bertz CT molecular complexity index is 1180. The standard InChI is InChI=1S/C24H21Cl3F6N2O3/c1-12-7-13(4-6-16(24(31,32)33)14-8-17(25)20(27)18(26)9-14)3-5-15(12)21(36)35-19(10-38-2)22(37)34-11-23(28,29)30/h3-9,16,19H,10-11H2,1-2H3,(H,34,37)(H,35,36)/b6-4+/t16?,19-/m1/s1. The number of ether oxygens (including phenoxy) is 1. The molecule has 2 aromatic carbocycles. The average Bonchev–Trinajstić information content (AvgIpc) is 2.79. The molecule has 0 aliphatic rings. The lowest BCUT2D eigenvalue weighted by Gasteiger charge is -2.19. The molecule has 0 aliphatic carbocycles. The van der Waals surface area contributed by atoms with Gasteiger partial charge in [-0.25, -0.2) is 0 Å². The van der Waals surface area contributed by atoms with E-state index in [0.717, 1.165) is 18.2 Å². The molecule has 0 bridgehead atoms. The summed E-state index contributed by atoms with van der Waals surface area (Å²) >= 11 is 17.6. The molecule has 2 amide bonds. The average molecular weight is 606 g/mol. The molecule has 0 aliphatic heterocycles. The first kappa shape index (κ1) is 31.7. The number of aryl methyl sites for hydroxylation is 1. The summed E-state index contributed by atoms with van der Waals surface area (Å²) < 4.78 is 83.3. The lowest BCUT2D eigenvalue weighted by molar-refractivity contribution is -0.140. The number of methoxy groups -OCH3 is 1. The molecule has 208 valence electrons. The van der Waals surface area contributed by atoms with E-state index in [2.05, 4.69) is 5.32 Å². The van der Waals surface area contributed by atoms with E-state index in [1.807, 2.05) is 0 Å². The normalized spacial score (nSPS) is 13.9. The zero-order valence-electron chi connectivity index (χ0n) is 19.7. The Labute approximate surface area is 229 Å². The highest BCUT2D eigenvalue weighted by molar-refractivity contribution is 6.48. The highest BCUT2D eigenvalue weighted by atomic mass is 35.5. The van der Waals surface area contributed by atoms with Crippen LogP contribution in [-0.2, 0) is 9.53 Å². The van der Waals surface area contributed by atoms with Gasteiger partial charge >= 0.3 is 12.4 Å². The summed E-state index contributed by atoms with van der Waals surface area (Å²) in [5, 5.41) is 3.61. The zero-order chi connectivity index (χ0) is 28.8. The number of alkyl halides is 6. The molecular formula is C24H21Cl3F6N2O3. The van der Waals surface area contributed by atoms with Crippen LogP contribution in [0.5, 0.6) is 0 Å². The summed E-state index contributed by atoms with van der Waals surface area (Å²) in [6.07, 6.45) is -7.24. The van der Waals surface area contributed by atoms with Gasteiger partial charge in [0, 0.05) is 12.7 Å². The van der Waals surface area contributed by atoms with Crippen LogP contribution in [0.2, 0.25) is 15.1 Å². The van der Waals surface area contributed by atoms with E-state index >= 15 is 0 Å². The Kier molecular flexibility index (Phi) is 10.9. The lowest BCUT2D eigenvalue weighted by Crippen LogP contribution is -2.51. The van der Waals surface area contributed by atoms with Gasteiger partial charge in [-0.15, -0.1) is 0 Å². The molecule has 5 nitrogen and oxygen atoms in total. The van der Waals surface area contributed by atoms with Crippen LogP contribution in [0.15, 0.2) is 36.4 Å². The summed E-state index contributed by atoms with van der Waals surface area (Å²) in [7, 11) is 1.20. The van der Waals surface area contributed by atoms with Crippen molar-refractivity contribution < 1.29 is 40.7 Å². The Balaban J connectivity index is 2.24. The third-order valence-electron chi connectivity index (χ3n) is 5.11. The number of carbonyl (C=O) groups is 2. The van der Waals surface area contributed by atoms with E-state index in [-0.39, 0.29) is 26.2 Å². The van der Waals surface area contributed by atoms with Crippen molar-refractivity contribution in [3.63, 3.8) is 0 Å². The van der Waals surface area contributed by atoms with Crippen molar-refractivity contribution in [2.45, 2.75) is 31.2 Å². The van der Waals surface area contributed by atoms with Gasteiger partial charge in [0.05, 0.1) is 27.6 Å². The van der Waals surface area contributed by atoms with Gasteiger partial charge in [-0.3, -0.25) is 9.59 Å². The van der Waals surface area contributed by atoms with Crippen molar-refractivity contribution in [3.8, 4) is 0 Å². The summed E-state index contributed by atoms with van der Waals surface area (Å²) in [4.78, 5) is 24.7. The molecule has 0 saturated carbocycles. The number of amides is 2. The van der Waals surface area contributed by atoms with Crippen molar-refractivity contribution in [2.24, 2.45) is 0 Å². The number of hydrogen-bond acceptors (Lipinski definition) is 3. The second-order valence-corrected chi connectivity index (χ2v) is 9.26. The van der Waals surface area contributed by atoms with Crippen LogP contribution in [-0.4, -0.2) is 50.5 Å². The SMILES string of the molecule is COC[C@@H](NC(=O)c1ccc(/C=C/C(c2cc(Cl)c(Cl)c(Cl)c2)C(F)(F)F)cc1C)C(=O)NCC(F)(F)F. The van der Waals surface area contributed by atoms with Crippen molar-refractivity contribution >= 4 is 52.7 Å². The van der Waals surface area contributed by atoms with Gasteiger partial charge in [0.25, 0.3) is 5.91 Å². The molecule has 0 radical (unpaired) electrons. The zero-order valence-corrected chi connectivity index (χ0v) is 22.0. The van der Waals surface area contributed by atoms with Crippen LogP contribution in [0.1, 0.15) is 33.0 Å². The molecule has 1 unspecified atom stereocenters. The van der Waals surface area contributed by atoms with Gasteiger partial charge in [0.15, 0.2) is 0 Å². The van der Waals surface area contributed by atoms with E-state index in [1.165, 1.54) is 38.3 Å². The molecule has 0 aromatic heterocycles. The van der Waals surface area contributed by atoms with Crippen LogP contribution < -0.4 is 10.6 Å². The van der Waals surface area contributed by atoms with E-state index in [9.17, 15) is 35.9 Å². The Hall–Kier alpha value is -2.47. The number of halogens is 9. The fraction of sp³-hybridized carbons (Fsp3) is 0.333. The van der Waals surface area contributed by atoms with E-state index in [0.29, 0.717) is 11.1 Å². The van der Waals surface area contributed by atoms with Crippen LogP contribution in [0, 0.1) is 6.92 Å². The van der Waals surface area contributed by atoms with Crippen LogP contribution in [0.25, 0.3) is 6.08 Å². The van der Waals surface area contributed by atoms with Crippen LogP contribution >= 0.6 is 34.8 Å². The number of rotatable bonds is 9. The largest absolute Gasteiger partial charge is 0.405 e.